The molecule has 1 saturated heterocycles. The maximum Gasteiger partial charge on any atom is 0.414 e. The van der Waals surface area contributed by atoms with E-state index in [1.54, 1.807) is 37.3 Å². The third-order valence-corrected chi connectivity index (χ3v) is 7.64. The van der Waals surface area contributed by atoms with E-state index >= 15 is 0 Å². The number of carbonyl (C=O) groups is 1. The molecule has 1 aliphatic heterocycles. The van der Waals surface area contributed by atoms with E-state index in [1.165, 1.54) is 11.4 Å². The van der Waals surface area contributed by atoms with Crippen LogP contribution in [0.25, 0.3) is 0 Å². The molecule has 2 N–H and O–H groups in total. The van der Waals surface area contributed by atoms with Gasteiger partial charge in [-0.25, -0.2) is 13.2 Å². The first-order valence-corrected chi connectivity index (χ1v) is 12.3. The first kappa shape index (κ1) is 25.0. The van der Waals surface area contributed by atoms with Crippen molar-refractivity contribution in [3.63, 3.8) is 0 Å². The summed E-state index contributed by atoms with van der Waals surface area (Å²) < 4.78 is 38.0. The van der Waals surface area contributed by atoms with Gasteiger partial charge < -0.3 is 14.6 Å². The zero-order chi connectivity index (χ0) is 24.4. The Morgan fingerprint density at radius 3 is 2.24 bits per heavy atom. The van der Waals surface area contributed by atoms with Crippen LogP contribution in [0, 0.1) is 6.92 Å². The summed E-state index contributed by atoms with van der Waals surface area (Å²) in [7, 11) is -2.41. The molecule has 33 heavy (non-hydrogen) atoms. The second-order valence-corrected chi connectivity index (χ2v) is 11.3. The van der Waals surface area contributed by atoms with Crippen LogP contribution >= 0.6 is 0 Å². The summed E-state index contributed by atoms with van der Waals surface area (Å²) in [5, 5.41) is 13.4. The van der Waals surface area contributed by atoms with Crippen molar-refractivity contribution in [3.05, 3.63) is 53.6 Å². The summed E-state index contributed by atoms with van der Waals surface area (Å²) in [6.45, 7) is 8.10. The van der Waals surface area contributed by atoms with E-state index in [0.717, 1.165) is 11.1 Å². The molecule has 0 bridgehead atoms. The van der Waals surface area contributed by atoms with Crippen LogP contribution < -0.4 is 10.1 Å². The number of aryl methyl sites for hydroxylation is 1. The molecule has 0 spiro atoms. The first-order valence-electron chi connectivity index (χ1n) is 10.8. The van der Waals surface area contributed by atoms with Gasteiger partial charge in [0.2, 0.25) is 15.8 Å². The summed E-state index contributed by atoms with van der Waals surface area (Å²) in [4.78, 5) is 12.4. The van der Waals surface area contributed by atoms with Crippen LogP contribution in [0.3, 0.4) is 0 Å². The molecule has 0 unspecified atom stereocenters. The molecule has 3 rings (SSSR count). The largest absolute Gasteiger partial charge is 0.495 e. The Morgan fingerprint density at radius 1 is 1.09 bits per heavy atom. The zero-order valence-corrected chi connectivity index (χ0v) is 20.5. The number of nitrogens with zero attached hydrogens (tertiary/aromatic N) is 1. The molecule has 180 valence electrons. The fourth-order valence-corrected chi connectivity index (χ4v) is 5.35. The van der Waals surface area contributed by atoms with Gasteiger partial charge in [0.1, 0.15) is 10.6 Å². The van der Waals surface area contributed by atoms with Gasteiger partial charge in [0.05, 0.1) is 7.11 Å². The fourth-order valence-electron chi connectivity index (χ4n) is 3.67. The van der Waals surface area contributed by atoms with Gasteiger partial charge in [-0.1, -0.05) is 39.0 Å². The normalized spacial score (nSPS) is 16.8. The number of rotatable bonds is 5. The summed E-state index contributed by atoms with van der Waals surface area (Å²) >= 11 is 0. The van der Waals surface area contributed by atoms with Crippen molar-refractivity contribution in [1.29, 1.82) is 0 Å². The molecule has 1 heterocycles. The van der Waals surface area contributed by atoms with E-state index in [9.17, 15) is 18.3 Å². The Bertz CT molecular complexity index is 1100. The second kappa shape index (κ2) is 9.32. The van der Waals surface area contributed by atoms with Crippen LogP contribution in [0.1, 0.15) is 44.7 Å². The molecule has 1 amide bonds. The summed E-state index contributed by atoms with van der Waals surface area (Å²) in [5.41, 5.74) is 2.45. The van der Waals surface area contributed by atoms with E-state index in [-0.39, 0.29) is 42.0 Å². The third-order valence-electron chi connectivity index (χ3n) is 5.72. The number of hydrogen-bond acceptors (Lipinski definition) is 6. The molecular weight excluding hydrogens is 444 g/mol. The van der Waals surface area contributed by atoms with Gasteiger partial charge in [0, 0.05) is 31.6 Å². The van der Waals surface area contributed by atoms with E-state index in [1.807, 2.05) is 12.1 Å². The van der Waals surface area contributed by atoms with Crippen molar-refractivity contribution < 1.29 is 27.8 Å². The van der Waals surface area contributed by atoms with Crippen LogP contribution in [0.4, 0.5) is 10.5 Å². The van der Waals surface area contributed by atoms with Crippen LogP contribution in [-0.4, -0.2) is 49.9 Å². The van der Waals surface area contributed by atoms with Gasteiger partial charge in [0.25, 0.3) is 0 Å². The molecule has 2 aromatic rings. The average Bonchev–Trinajstić information content (AvgIpc) is 2.73. The Kier molecular flexibility index (Phi) is 7.07. The first-order chi connectivity index (χ1) is 15.3. The minimum Gasteiger partial charge on any atom is -0.495 e. The van der Waals surface area contributed by atoms with Gasteiger partial charge >= 0.3 is 6.09 Å². The Morgan fingerprint density at radius 2 is 1.70 bits per heavy atom. The monoisotopic (exact) mass is 476 g/mol. The summed E-state index contributed by atoms with van der Waals surface area (Å²) in [6, 6.07) is 12.3. The minimum atomic E-state index is -3.83. The molecule has 0 atom stereocenters. The van der Waals surface area contributed by atoms with Gasteiger partial charge in [-0.05, 0) is 47.7 Å². The van der Waals surface area contributed by atoms with Crippen LogP contribution in [0.2, 0.25) is 0 Å². The molecule has 2 aromatic carbocycles. The van der Waals surface area contributed by atoms with Crippen molar-refractivity contribution in [3.8, 4) is 5.75 Å². The number of carbonyl (C=O) groups excluding carboxylic acids is 1. The highest BCUT2D eigenvalue weighted by Gasteiger charge is 2.40. The lowest BCUT2D eigenvalue weighted by atomic mass is 9.87. The Hall–Kier alpha value is -2.62. The predicted octanol–water partition coefficient (Wildman–Crippen LogP) is 4.02. The molecule has 8 nitrogen and oxygen atoms in total. The minimum absolute atomic E-state index is 0.00346. The lowest BCUT2D eigenvalue weighted by Crippen LogP contribution is -2.49. The highest BCUT2D eigenvalue weighted by atomic mass is 32.2. The Labute approximate surface area is 195 Å². The summed E-state index contributed by atoms with van der Waals surface area (Å²) in [6.07, 6.45) is -0.884. The molecular formula is C24H32N2O6S. The predicted molar refractivity (Wildman–Crippen MR) is 126 cm³/mol. The molecule has 1 aliphatic rings. The van der Waals surface area contributed by atoms with Crippen LogP contribution in [0.15, 0.2) is 47.4 Å². The number of nitrogens with one attached hydrogen (secondary N) is 1. The number of piperidine rings is 1. The quantitative estimate of drug-likeness (QED) is 0.632. The molecule has 9 heteroatoms. The second-order valence-electron chi connectivity index (χ2n) is 9.35. The number of hydrogen-bond donors (Lipinski definition) is 2. The molecule has 0 radical (unpaired) electrons. The fraction of sp³-hybridized carbons (Fsp3) is 0.458. The smallest absolute Gasteiger partial charge is 0.414 e. The number of benzene rings is 2. The van der Waals surface area contributed by atoms with E-state index in [2.05, 4.69) is 26.1 Å². The van der Waals surface area contributed by atoms with Gasteiger partial charge in [-0.3, -0.25) is 5.32 Å². The molecule has 1 fully saturated rings. The highest BCUT2D eigenvalue weighted by molar-refractivity contribution is 7.89. The highest BCUT2D eigenvalue weighted by Crippen LogP contribution is 2.32. The number of methoxy groups -OCH3 is 1. The third kappa shape index (κ3) is 5.85. The summed E-state index contributed by atoms with van der Waals surface area (Å²) in [5.74, 6) is -1.49. The number of sulfonamides is 1. The maximum atomic E-state index is 13.1. The number of aliphatic hydroxyl groups is 1. The van der Waals surface area contributed by atoms with Crippen molar-refractivity contribution in [2.24, 2.45) is 0 Å². The van der Waals surface area contributed by atoms with Crippen molar-refractivity contribution >= 4 is 21.8 Å². The SMILES string of the molecule is COc1ccc(C)cc1S(=O)(=O)N1CCC(O)(OC(=O)Nc2ccc(C(C)(C)C)cc2)CC1. The van der Waals surface area contributed by atoms with E-state index < -0.39 is 21.9 Å². The maximum absolute atomic E-state index is 13.1. The van der Waals surface area contributed by atoms with Gasteiger partial charge in [-0.15, -0.1) is 0 Å². The number of anilines is 1. The Balaban J connectivity index is 1.62. The van der Waals surface area contributed by atoms with Crippen LogP contribution in [-0.2, 0) is 20.2 Å². The topological polar surface area (TPSA) is 105 Å². The lowest BCUT2D eigenvalue weighted by molar-refractivity contribution is -0.180. The van der Waals surface area contributed by atoms with E-state index in [0.29, 0.717) is 5.69 Å². The van der Waals surface area contributed by atoms with Crippen molar-refractivity contribution in [2.45, 2.75) is 56.6 Å². The molecule has 0 aliphatic carbocycles. The zero-order valence-electron chi connectivity index (χ0n) is 19.7. The lowest BCUT2D eigenvalue weighted by Gasteiger charge is -2.36. The number of amides is 1. The van der Waals surface area contributed by atoms with Crippen LogP contribution in [0.5, 0.6) is 5.75 Å². The molecule has 0 aromatic heterocycles. The van der Waals surface area contributed by atoms with Crippen molar-refractivity contribution in [2.75, 3.05) is 25.5 Å². The molecule has 0 saturated carbocycles. The van der Waals surface area contributed by atoms with Crippen molar-refractivity contribution in [1.82, 2.24) is 4.31 Å². The number of ether oxygens (including phenoxy) is 2. The average molecular weight is 477 g/mol. The van der Waals surface area contributed by atoms with Gasteiger partial charge in [0.15, 0.2) is 0 Å². The van der Waals surface area contributed by atoms with Gasteiger partial charge in [-0.2, -0.15) is 4.31 Å². The standard InChI is InChI=1S/C24H32N2O6S/c1-17-6-11-20(31-5)21(16-17)33(29,30)26-14-12-24(28,13-15-26)32-22(27)25-19-9-7-18(8-10-19)23(2,3)4/h6-11,16,28H,12-15H2,1-5H3,(H,25,27). The van der Waals surface area contributed by atoms with E-state index in [4.69, 9.17) is 9.47 Å².